The zero-order chi connectivity index (χ0) is 17.7. The van der Waals surface area contributed by atoms with Gasteiger partial charge in [0.1, 0.15) is 5.83 Å². The Morgan fingerprint density at radius 2 is 2.04 bits per heavy atom. The number of benzene rings is 1. The quantitative estimate of drug-likeness (QED) is 0.761. The van der Waals surface area contributed by atoms with Gasteiger partial charge >= 0.3 is 0 Å². The molecule has 134 valence electrons. The minimum Gasteiger partial charge on any atom is -0.317 e. The van der Waals surface area contributed by atoms with Crippen molar-refractivity contribution in [3.8, 4) is 0 Å². The van der Waals surface area contributed by atoms with E-state index in [9.17, 15) is 4.39 Å². The zero-order valence-electron chi connectivity index (χ0n) is 14.8. The summed E-state index contributed by atoms with van der Waals surface area (Å²) in [6, 6.07) is 7.80. The second kappa shape index (κ2) is 6.48. The number of hydrogen-bond acceptors (Lipinski definition) is 4. The molecule has 3 nitrogen and oxygen atoms in total. The van der Waals surface area contributed by atoms with Crippen LogP contribution in [0.1, 0.15) is 43.4 Å². The highest BCUT2D eigenvalue weighted by Gasteiger charge is 2.34. The summed E-state index contributed by atoms with van der Waals surface area (Å²) in [5, 5.41) is 3.46. The Bertz CT molecular complexity index is 877. The van der Waals surface area contributed by atoms with Gasteiger partial charge in [-0.15, -0.1) is 0 Å². The first-order valence-electron chi connectivity index (χ1n) is 9.36. The number of aliphatic imine (C=N–C) groups is 1. The van der Waals surface area contributed by atoms with Crippen molar-refractivity contribution in [1.82, 2.24) is 9.62 Å². The van der Waals surface area contributed by atoms with E-state index in [1.807, 2.05) is 24.2 Å². The molecule has 0 saturated carbocycles. The Hall–Kier alpha value is -1.69. The Morgan fingerprint density at radius 3 is 2.88 bits per heavy atom. The van der Waals surface area contributed by atoms with Crippen LogP contribution in [0.15, 0.2) is 57.8 Å². The molecule has 1 N–H and O–H groups in total. The zero-order valence-corrected chi connectivity index (χ0v) is 15.7. The third-order valence-corrected chi connectivity index (χ3v) is 7.14. The van der Waals surface area contributed by atoms with E-state index in [0.717, 1.165) is 29.9 Å². The van der Waals surface area contributed by atoms with E-state index in [4.69, 9.17) is 0 Å². The summed E-state index contributed by atoms with van der Waals surface area (Å²) in [6.07, 6.45) is 8.07. The molecular formula is C21H22FN3S. The first-order chi connectivity index (χ1) is 12.7. The predicted octanol–water partition coefficient (Wildman–Crippen LogP) is 4.80. The van der Waals surface area contributed by atoms with Gasteiger partial charge in [-0.05, 0) is 80.2 Å². The van der Waals surface area contributed by atoms with Gasteiger partial charge in [-0.1, -0.05) is 6.07 Å². The molecule has 1 aliphatic carbocycles. The second-order valence-corrected chi connectivity index (χ2v) is 8.39. The first-order valence-corrected chi connectivity index (χ1v) is 10.1. The van der Waals surface area contributed by atoms with Gasteiger partial charge in [-0.3, -0.25) is 4.99 Å². The lowest BCUT2D eigenvalue weighted by molar-refractivity contribution is 0.245. The highest BCUT2D eigenvalue weighted by Crippen LogP contribution is 2.48. The Kier molecular flexibility index (Phi) is 4.11. The first kappa shape index (κ1) is 16.5. The summed E-state index contributed by atoms with van der Waals surface area (Å²) in [7, 11) is 0. The standard InChI is InChI=1S/C21H22FN3S/c1-13-18-10-14(19-12-24-20-11-15(22)3-4-17(19)20)2-5-21(18)26-25(13)16-6-8-23-9-7-16/h2-5,10,12-13,16,23H,6-9,11H2,1H3. The summed E-state index contributed by atoms with van der Waals surface area (Å²) in [4.78, 5) is 5.81. The molecule has 1 atom stereocenters. The van der Waals surface area contributed by atoms with Crippen LogP contribution in [0.3, 0.4) is 0 Å². The molecule has 0 amide bonds. The van der Waals surface area contributed by atoms with Crippen molar-refractivity contribution >= 4 is 23.2 Å². The van der Waals surface area contributed by atoms with Gasteiger partial charge < -0.3 is 5.32 Å². The summed E-state index contributed by atoms with van der Waals surface area (Å²) < 4.78 is 16.1. The molecule has 1 aromatic carbocycles. The lowest BCUT2D eigenvalue weighted by Crippen LogP contribution is -2.39. The summed E-state index contributed by atoms with van der Waals surface area (Å²) >= 11 is 1.91. The van der Waals surface area contributed by atoms with Crippen LogP contribution in [-0.2, 0) is 0 Å². The van der Waals surface area contributed by atoms with Crippen LogP contribution in [0.2, 0.25) is 0 Å². The molecule has 1 aromatic rings. The molecule has 0 aromatic heterocycles. The smallest absolute Gasteiger partial charge is 0.106 e. The van der Waals surface area contributed by atoms with Crippen molar-refractivity contribution < 1.29 is 4.39 Å². The number of piperidine rings is 1. The number of hydrogen-bond donors (Lipinski definition) is 1. The van der Waals surface area contributed by atoms with E-state index in [1.165, 1.54) is 28.9 Å². The third kappa shape index (κ3) is 2.70. The molecule has 1 fully saturated rings. The fraction of sp³-hybridized carbons (Fsp3) is 0.381. The van der Waals surface area contributed by atoms with Crippen LogP contribution in [0.4, 0.5) is 4.39 Å². The van der Waals surface area contributed by atoms with Crippen molar-refractivity contribution in [2.24, 2.45) is 4.99 Å². The Labute approximate surface area is 157 Å². The number of nitrogens with one attached hydrogen (secondary N) is 1. The van der Waals surface area contributed by atoms with Gasteiger partial charge in [0, 0.05) is 40.7 Å². The molecular weight excluding hydrogens is 345 g/mol. The van der Waals surface area contributed by atoms with E-state index in [1.54, 1.807) is 6.08 Å². The highest BCUT2D eigenvalue weighted by molar-refractivity contribution is 7.97. The van der Waals surface area contributed by atoms with Crippen molar-refractivity contribution in [3.63, 3.8) is 0 Å². The molecule has 5 heteroatoms. The van der Waals surface area contributed by atoms with Gasteiger partial charge in [-0.25, -0.2) is 8.70 Å². The van der Waals surface area contributed by atoms with E-state index >= 15 is 0 Å². The molecule has 0 radical (unpaired) electrons. The van der Waals surface area contributed by atoms with Crippen LogP contribution >= 0.6 is 11.9 Å². The lowest BCUT2D eigenvalue weighted by atomic mass is 9.91. The molecule has 0 bridgehead atoms. The van der Waals surface area contributed by atoms with Crippen molar-refractivity contribution in [2.45, 2.75) is 43.2 Å². The summed E-state index contributed by atoms with van der Waals surface area (Å²) in [5.74, 6) is -0.112. The van der Waals surface area contributed by atoms with E-state index in [0.29, 0.717) is 18.5 Å². The normalized spacial score (nSPS) is 26.0. The van der Waals surface area contributed by atoms with Gasteiger partial charge in [0.15, 0.2) is 0 Å². The fourth-order valence-electron chi connectivity index (χ4n) is 4.29. The number of nitrogens with zero attached hydrogens (tertiary/aromatic N) is 2. The molecule has 26 heavy (non-hydrogen) atoms. The number of fused-ring (bicyclic) bond motifs is 2. The van der Waals surface area contributed by atoms with E-state index < -0.39 is 0 Å². The molecule has 3 aliphatic heterocycles. The van der Waals surface area contributed by atoms with Crippen molar-refractivity contribution in [1.29, 1.82) is 0 Å². The Balaban J connectivity index is 1.43. The van der Waals surface area contributed by atoms with Gasteiger partial charge in [0.2, 0.25) is 0 Å². The largest absolute Gasteiger partial charge is 0.317 e. The average Bonchev–Trinajstić information content (AvgIpc) is 3.23. The van der Waals surface area contributed by atoms with Crippen LogP contribution in [0, 0.1) is 0 Å². The van der Waals surface area contributed by atoms with Crippen LogP contribution < -0.4 is 5.32 Å². The molecule has 5 rings (SSSR count). The fourth-order valence-corrected chi connectivity index (χ4v) is 5.62. The highest BCUT2D eigenvalue weighted by atomic mass is 32.2. The second-order valence-electron chi connectivity index (χ2n) is 7.35. The minimum atomic E-state index is -0.112. The molecule has 1 saturated heterocycles. The van der Waals surface area contributed by atoms with Crippen LogP contribution in [-0.4, -0.2) is 29.1 Å². The molecule has 1 unspecified atom stereocenters. The Morgan fingerprint density at radius 1 is 1.19 bits per heavy atom. The maximum absolute atomic E-state index is 13.5. The average molecular weight is 367 g/mol. The van der Waals surface area contributed by atoms with Gasteiger partial charge in [0.25, 0.3) is 0 Å². The molecule has 0 spiro atoms. The van der Waals surface area contributed by atoms with E-state index in [-0.39, 0.29) is 5.83 Å². The number of halogens is 1. The maximum Gasteiger partial charge on any atom is 0.106 e. The van der Waals surface area contributed by atoms with Crippen LogP contribution in [0.25, 0.3) is 5.57 Å². The van der Waals surface area contributed by atoms with Crippen LogP contribution in [0.5, 0.6) is 0 Å². The molecule has 4 aliphatic rings. The third-order valence-electron chi connectivity index (χ3n) is 5.74. The summed E-state index contributed by atoms with van der Waals surface area (Å²) in [6.45, 7) is 4.54. The maximum atomic E-state index is 13.5. The van der Waals surface area contributed by atoms with Crippen molar-refractivity contribution in [3.05, 3.63) is 59.1 Å². The predicted molar refractivity (Wildman–Crippen MR) is 106 cm³/mol. The number of rotatable bonds is 2. The van der Waals surface area contributed by atoms with Gasteiger partial charge in [-0.2, -0.15) is 0 Å². The SMILES string of the molecule is CC1c2cc(C3=CN=C4CC(F)=CC=C34)ccc2SN1C1CCNCC1. The lowest BCUT2D eigenvalue weighted by Gasteiger charge is -2.33. The molecule has 3 heterocycles. The monoisotopic (exact) mass is 367 g/mol. The van der Waals surface area contributed by atoms with Crippen molar-refractivity contribution in [2.75, 3.05) is 13.1 Å². The minimum absolute atomic E-state index is 0.112. The van der Waals surface area contributed by atoms with Gasteiger partial charge in [0.05, 0.1) is 5.71 Å². The number of allylic oxidation sites excluding steroid dienone is 5. The summed E-state index contributed by atoms with van der Waals surface area (Å²) in [5.41, 5.74) is 5.62. The van der Waals surface area contributed by atoms with E-state index in [2.05, 4.69) is 39.7 Å². The topological polar surface area (TPSA) is 27.6 Å².